The van der Waals surface area contributed by atoms with Crippen LogP contribution in [0.4, 0.5) is 0 Å². The number of benzene rings is 2. The van der Waals surface area contributed by atoms with Crippen LogP contribution in [0, 0.1) is 11.8 Å². The minimum Gasteiger partial charge on any atom is -0.493 e. The van der Waals surface area contributed by atoms with E-state index in [1.54, 1.807) is 0 Å². The lowest BCUT2D eigenvalue weighted by Crippen LogP contribution is -2.29. The Kier molecular flexibility index (Phi) is 9.01. The Morgan fingerprint density at radius 2 is 1.49 bits per heavy atom. The first-order valence-corrected chi connectivity index (χ1v) is 14.4. The average Bonchev–Trinajstić information content (AvgIpc) is 3.23. The fraction of sp³-hybridized carbons (Fsp3) is 0.581. The summed E-state index contributed by atoms with van der Waals surface area (Å²) in [5.74, 6) is 3.66. The van der Waals surface area contributed by atoms with Crippen LogP contribution in [0.25, 0.3) is 11.1 Å². The van der Waals surface area contributed by atoms with Gasteiger partial charge in [0, 0.05) is 28.3 Å². The minimum absolute atomic E-state index is 0.0170. The molecule has 3 aliphatic rings. The maximum absolute atomic E-state index is 13.4. The third-order valence-electron chi connectivity index (χ3n) is 7.98. The van der Waals surface area contributed by atoms with E-state index in [0.717, 1.165) is 67.7 Å². The van der Waals surface area contributed by atoms with Crippen molar-refractivity contribution in [3.8, 4) is 28.4 Å². The number of hydrogen-bond acceptors (Lipinski definition) is 6. The molecule has 0 aromatic heterocycles. The van der Waals surface area contributed by atoms with Gasteiger partial charge < -0.3 is 24.8 Å². The summed E-state index contributed by atoms with van der Waals surface area (Å²) in [4.78, 5) is 13.4. The van der Waals surface area contributed by atoms with Crippen molar-refractivity contribution in [3.05, 3.63) is 41.5 Å². The lowest BCUT2D eigenvalue weighted by molar-refractivity contribution is 0.104. The molecule has 2 aromatic rings. The zero-order valence-corrected chi connectivity index (χ0v) is 22.3. The third-order valence-corrected chi connectivity index (χ3v) is 7.98. The molecule has 0 amide bonds. The Morgan fingerprint density at radius 1 is 0.811 bits per heavy atom. The number of rotatable bonds is 12. The number of ketones is 1. The van der Waals surface area contributed by atoms with Crippen LogP contribution in [0.3, 0.4) is 0 Å². The fourth-order valence-corrected chi connectivity index (χ4v) is 6.08. The number of hydrogen-bond donors (Lipinski definition) is 2. The number of fused-ring (bicyclic) bond motifs is 3. The molecule has 2 unspecified atom stereocenters. The molecule has 0 saturated carbocycles. The van der Waals surface area contributed by atoms with Crippen molar-refractivity contribution in [2.45, 2.75) is 58.3 Å². The Balaban J connectivity index is 1.27. The highest BCUT2D eigenvalue weighted by Crippen LogP contribution is 2.49. The molecule has 2 fully saturated rings. The second-order valence-corrected chi connectivity index (χ2v) is 10.7. The second kappa shape index (κ2) is 12.8. The van der Waals surface area contributed by atoms with Crippen molar-refractivity contribution >= 4 is 5.78 Å². The molecule has 2 aromatic carbocycles. The molecule has 1 aliphatic carbocycles. The van der Waals surface area contributed by atoms with Crippen molar-refractivity contribution in [1.82, 2.24) is 10.6 Å². The van der Waals surface area contributed by atoms with Gasteiger partial charge in [-0.25, -0.2) is 0 Å². The lowest BCUT2D eigenvalue weighted by atomic mass is 9.95. The molecule has 2 heterocycles. The van der Waals surface area contributed by atoms with Gasteiger partial charge in [-0.2, -0.15) is 0 Å². The summed E-state index contributed by atoms with van der Waals surface area (Å²) in [7, 11) is 0. The highest BCUT2D eigenvalue weighted by atomic mass is 16.5. The lowest BCUT2D eigenvalue weighted by Gasteiger charge is -2.22. The molecule has 0 bridgehead atoms. The summed E-state index contributed by atoms with van der Waals surface area (Å²) < 4.78 is 18.5. The SMILES string of the molecule is CCOc1cc(OCCCC2CCCNC2)cc2c1-c1c(OCCCC3CCCNC3)cccc1C2=O. The van der Waals surface area contributed by atoms with Gasteiger partial charge in [0.2, 0.25) is 0 Å². The van der Waals surface area contributed by atoms with Crippen molar-refractivity contribution in [2.75, 3.05) is 46.0 Å². The number of ether oxygens (including phenoxy) is 3. The normalized spacial score (nSPS) is 20.8. The number of carbonyl (C=O) groups is 1. The first-order valence-electron chi connectivity index (χ1n) is 14.4. The van der Waals surface area contributed by atoms with Crippen molar-refractivity contribution in [1.29, 1.82) is 0 Å². The van der Waals surface area contributed by atoms with Gasteiger partial charge in [0.1, 0.15) is 17.2 Å². The molecule has 2 aliphatic heterocycles. The monoisotopic (exact) mass is 506 g/mol. The molecule has 2 atom stereocenters. The van der Waals surface area contributed by atoms with E-state index in [-0.39, 0.29) is 5.78 Å². The average molecular weight is 507 g/mol. The Morgan fingerprint density at radius 3 is 2.14 bits per heavy atom. The summed E-state index contributed by atoms with van der Waals surface area (Å²) in [6, 6.07) is 9.62. The van der Waals surface area contributed by atoms with E-state index in [2.05, 4.69) is 10.6 Å². The van der Waals surface area contributed by atoms with Gasteiger partial charge in [0.05, 0.1) is 19.8 Å². The highest BCUT2D eigenvalue weighted by Gasteiger charge is 2.33. The molecular formula is C31H42N2O4. The molecular weight excluding hydrogens is 464 g/mol. The van der Waals surface area contributed by atoms with Crippen LogP contribution in [-0.4, -0.2) is 51.8 Å². The van der Waals surface area contributed by atoms with Gasteiger partial charge in [0.15, 0.2) is 5.78 Å². The van der Waals surface area contributed by atoms with Gasteiger partial charge in [-0.1, -0.05) is 12.1 Å². The molecule has 2 saturated heterocycles. The van der Waals surface area contributed by atoms with E-state index in [1.165, 1.54) is 38.5 Å². The van der Waals surface area contributed by atoms with Crippen LogP contribution >= 0.6 is 0 Å². The molecule has 2 N–H and O–H groups in total. The summed E-state index contributed by atoms with van der Waals surface area (Å²) in [6.07, 6.45) is 9.49. The number of nitrogens with one attached hydrogen (secondary N) is 2. The third kappa shape index (κ3) is 6.29. The van der Waals surface area contributed by atoms with Crippen LogP contribution < -0.4 is 24.8 Å². The molecule has 0 spiro atoms. The molecule has 0 radical (unpaired) electrons. The van der Waals surface area contributed by atoms with E-state index in [1.807, 2.05) is 37.3 Å². The van der Waals surface area contributed by atoms with E-state index in [0.29, 0.717) is 42.4 Å². The zero-order chi connectivity index (χ0) is 25.5. The summed E-state index contributed by atoms with van der Waals surface area (Å²) >= 11 is 0. The van der Waals surface area contributed by atoms with E-state index >= 15 is 0 Å². The predicted molar refractivity (Wildman–Crippen MR) is 147 cm³/mol. The standard InChI is InChI=1S/C31H42N2O4/c1-2-35-28-19-24(36-16-6-10-22-8-4-14-32-20-22)18-26-30(28)29-25(31(26)34)12-3-13-27(29)37-17-7-11-23-9-5-15-33-21-23/h3,12-13,18-19,22-23,32-33H,2,4-11,14-17,20-21H2,1H3. The quantitative estimate of drug-likeness (QED) is 0.311. The Hall–Kier alpha value is -2.57. The first-order chi connectivity index (χ1) is 18.2. The van der Waals surface area contributed by atoms with Crippen LogP contribution in [0.1, 0.15) is 74.2 Å². The van der Waals surface area contributed by atoms with Crippen molar-refractivity contribution < 1.29 is 19.0 Å². The highest BCUT2D eigenvalue weighted by molar-refractivity contribution is 6.23. The van der Waals surface area contributed by atoms with Crippen LogP contribution in [0.5, 0.6) is 17.2 Å². The molecule has 6 heteroatoms. The largest absolute Gasteiger partial charge is 0.493 e. The first kappa shape index (κ1) is 26.1. The maximum atomic E-state index is 13.4. The van der Waals surface area contributed by atoms with Gasteiger partial charge in [-0.3, -0.25) is 4.79 Å². The van der Waals surface area contributed by atoms with Crippen LogP contribution in [0.2, 0.25) is 0 Å². The maximum Gasteiger partial charge on any atom is 0.194 e. The van der Waals surface area contributed by atoms with Gasteiger partial charge >= 0.3 is 0 Å². The second-order valence-electron chi connectivity index (χ2n) is 10.7. The minimum atomic E-state index is 0.0170. The summed E-state index contributed by atoms with van der Waals surface area (Å²) in [5, 5.41) is 6.98. The number of piperidine rings is 2. The molecule has 5 rings (SSSR count). The van der Waals surface area contributed by atoms with Crippen molar-refractivity contribution in [2.24, 2.45) is 11.8 Å². The van der Waals surface area contributed by atoms with Gasteiger partial charge in [-0.05, 0) is 108 Å². The zero-order valence-electron chi connectivity index (χ0n) is 22.3. The molecule has 37 heavy (non-hydrogen) atoms. The van der Waals surface area contributed by atoms with E-state index in [9.17, 15) is 4.79 Å². The van der Waals surface area contributed by atoms with Crippen molar-refractivity contribution in [3.63, 3.8) is 0 Å². The van der Waals surface area contributed by atoms with Crippen LogP contribution in [-0.2, 0) is 0 Å². The summed E-state index contributed by atoms with van der Waals surface area (Å²) in [6.45, 7) is 8.30. The Bertz CT molecular complexity index is 1060. The molecule has 6 nitrogen and oxygen atoms in total. The fourth-order valence-electron chi connectivity index (χ4n) is 6.08. The van der Waals surface area contributed by atoms with E-state index < -0.39 is 0 Å². The Labute approximate surface area is 221 Å². The van der Waals surface area contributed by atoms with E-state index in [4.69, 9.17) is 14.2 Å². The van der Waals surface area contributed by atoms with Gasteiger partial charge in [0.25, 0.3) is 0 Å². The summed E-state index contributed by atoms with van der Waals surface area (Å²) in [5.41, 5.74) is 3.04. The predicted octanol–water partition coefficient (Wildman–Crippen LogP) is 5.61. The van der Waals surface area contributed by atoms with Crippen LogP contribution in [0.15, 0.2) is 30.3 Å². The topological polar surface area (TPSA) is 68.8 Å². The number of carbonyl (C=O) groups excluding carboxylic acids is 1. The molecule has 200 valence electrons. The van der Waals surface area contributed by atoms with Gasteiger partial charge in [-0.15, -0.1) is 0 Å². The smallest absolute Gasteiger partial charge is 0.194 e.